The van der Waals surface area contributed by atoms with E-state index in [0.29, 0.717) is 45.4 Å². The third-order valence-electron chi connectivity index (χ3n) is 10.4. The van der Waals surface area contributed by atoms with Gasteiger partial charge in [-0.25, -0.2) is 0 Å². The number of nitrogens with one attached hydrogen (secondary N) is 1. The Morgan fingerprint density at radius 3 is 1.06 bits per heavy atom. The summed E-state index contributed by atoms with van der Waals surface area (Å²) in [6, 6.07) is 0. The number of hydrogen-bond donors (Lipinski definition) is 1. The van der Waals surface area contributed by atoms with E-state index in [9.17, 15) is 28.8 Å². The second-order valence-electron chi connectivity index (χ2n) is 17.1. The molecule has 0 heterocycles. The minimum Gasteiger partial charge on any atom is -0.467 e. The van der Waals surface area contributed by atoms with E-state index in [4.69, 9.17) is 18.9 Å². The molecule has 0 rings (SSSR count). The van der Waals surface area contributed by atoms with E-state index in [1.54, 1.807) is 7.11 Å². The highest BCUT2D eigenvalue weighted by molar-refractivity contribution is 5.70. The van der Waals surface area contributed by atoms with Crippen molar-refractivity contribution in [1.29, 1.82) is 0 Å². The molecule has 0 aliphatic rings. The van der Waals surface area contributed by atoms with Crippen LogP contribution in [0.15, 0.2) is 0 Å². The zero-order chi connectivity index (χ0) is 49.8. The topological polar surface area (TPSA) is 170 Å². The number of esters is 3. The number of ether oxygens (including phenoxy) is 6. The molecule has 1 N–H and O–H groups in total. The van der Waals surface area contributed by atoms with Gasteiger partial charge in [-0.15, -0.1) is 0 Å². The Bertz CT molecular complexity index is 997. The molecule has 0 aromatic rings. The van der Waals surface area contributed by atoms with Gasteiger partial charge in [-0.3, -0.25) is 24.0 Å². The van der Waals surface area contributed by atoms with Crippen molar-refractivity contribution in [3.8, 4) is 0 Å². The Kier molecular flexibility index (Phi) is 67.4. The summed E-state index contributed by atoms with van der Waals surface area (Å²) in [7, 11) is 1.58. The van der Waals surface area contributed by atoms with Gasteiger partial charge in [-0.2, -0.15) is 0 Å². The Labute approximate surface area is 404 Å². The van der Waals surface area contributed by atoms with Crippen molar-refractivity contribution in [2.45, 2.75) is 234 Å². The first kappa shape index (κ1) is 69.5. The van der Waals surface area contributed by atoms with Crippen molar-refractivity contribution in [3.05, 3.63) is 0 Å². The molecule has 0 aliphatic heterocycles. The van der Waals surface area contributed by atoms with Crippen LogP contribution in [0.5, 0.6) is 0 Å². The van der Waals surface area contributed by atoms with Crippen molar-refractivity contribution >= 4 is 37.1 Å². The highest BCUT2D eigenvalue weighted by Crippen LogP contribution is 2.11. The fraction of sp³-hybridized carbons (Fsp3) is 0.887. The van der Waals surface area contributed by atoms with Crippen molar-refractivity contribution in [3.63, 3.8) is 0 Å². The molecule has 0 spiro atoms. The van der Waals surface area contributed by atoms with Crippen LogP contribution in [-0.4, -0.2) is 97.0 Å². The smallest absolute Gasteiger partial charge is 0.307 e. The Morgan fingerprint density at radius 1 is 0.394 bits per heavy atom. The molecule has 0 fully saturated rings. The monoisotopic (exact) mass is 946 g/mol. The summed E-state index contributed by atoms with van der Waals surface area (Å²) in [4.78, 5) is 65.2. The SMILES string of the molecule is CCCCCCCCC.CCCCCCCCC(=O)OCC(COC)COC(=O)CCNCCC.CCCCCCCCC(=O)OCC(COC=O)COC=O.CCCCCCCCC=O. The summed E-state index contributed by atoms with van der Waals surface area (Å²) in [5.74, 6) is -1.15. The fourth-order valence-corrected chi connectivity index (χ4v) is 6.35. The number of aldehydes is 1. The predicted octanol–water partition coefficient (Wildman–Crippen LogP) is 12.4. The summed E-state index contributed by atoms with van der Waals surface area (Å²) in [6.07, 6.45) is 35.1. The molecule has 0 amide bonds. The summed E-state index contributed by atoms with van der Waals surface area (Å²) in [6.45, 7) is 16.3. The van der Waals surface area contributed by atoms with Crippen LogP contribution in [0, 0.1) is 11.8 Å². The molecule has 0 aliphatic carbocycles. The molecular weight excluding hydrogens is 843 g/mol. The number of unbranched alkanes of at least 4 members (excludes halogenated alkanes) is 22. The summed E-state index contributed by atoms with van der Waals surface area (Å²) < 4.78 is 30.0. The van der Waals surface area contributed by atoms with Gasteiger partial charge < -0.3 is 38.5 Å². The molecule has 0 aromatic heterocycles. The number of carbonyl (C=O) groups is 6. The van der Waals surface area contributed by atoms with Crippen LogP contribution in [0.4, 0.5) is 0 Å². The summed E-state index contributed by atoms with van der Waals surface area (Å²) in [5, 5.41) is 3.16. The van der Waals surface area contributed by atoms with E-state index in [1.807, 2.05) is 0 Å². The van der Waals surface area contributed by atoms with Gasteiger partial charge in [-0.05, 0) is 32.2 Å². The molecule has 66 heavy (non-hydrogen) atoms. The third kappa shape index (κ3) is 65.2. The van der Waals surface area contributed by atoms with E-state index < -0.39 is 0 Å². The number of rotatable bonds is 46. The lowest BCUT2D eigenvalue weighted by molar-refractivity contribution is -0.151. The van der Waals surface area contributed by atoms with Crippen LogP contribution in [0.2, 0.25) is 0 Å². The second kappa shape index (κ2) is 64.0. The van der Waals surface area contributed by atoms with Gasteiger partial charge in [0.1, 0.15) is 26.1 Å². The first-order chi connectivity index (χ1) is 32.2. The zero-order valence-electron chi connectivity index (χ0n) is 43.7. The van der Waals surface area contributed by atoms with E-state index in [1.165, 1.54) is 122 Å². The standard InChI is InChI=1S/C20H39NO5.C15H26O6.C9H18O.C9H20/c1-4-6-7-8-9-10-11-19(22)25-16-18(15-24-3)17-26-20(23)12-14-21-13-5-2;1-2-3-4-5-6-7-8-15(18)21-11-14(9-19-12-16)10-20-13-17;1-2-3-4-5-6-7-8-9-10;1-3-5-7-9-8-6-4-2/h18,21H,4-17H2,1-3H3;12-14H,2-11H2,1H3;9H,2-8H2,1H3;3-9H2,1-2H3. The van der Waals surface area contributed by atoms with Gasteiger partial charge in [0.05, 0.1) is 38.1 Å². The number of carbonyl (C=O) groups excluding carboxylic acids is 6. The largest absolute Gasteiger partial charge is 0.467 e. The van der Waals surface area contributed by atoms with Crippen molar-refractivity contribution in [2.24, 2.45) is 11.8 Å². The Morgan fingerprint density at radius 2 is 0.727 bits per heavy atom. The van der Waals surface area contributed by atoms with Gasteiger partial charge >= 0.3 is 17.9 Å². The van der Waals surface area contributed by atoms with E-state index in [-0.39, 0.29) is 62.8 Å². The molecule has 392 valence electrons. The number of methoxy groups -OCH3 is 1. The third-order valence-corrected chi connectivity index (χ3v) is 10.4. The highest BCUT2D eigenvalue weighted by Gasteiger charge is 2.16. The first-order valence-electron chi connectivity index (χ1n) is 26.4. The van der Waals surface area contributed by atoms with Crippen LogP contribution in [-0.2, 0) is 57.2 Å². The zero-order valence-corrected chi connectivity index (χ0v) is 43.7. The average molecular weight is 946 g/mol. The molecule has 1 unspecified atom stereocenters. The molecule has 13 nitrogen and oxygen atoms in total. The van der Waals surface area contributed by atoms with E-state index >= 15 is 0 Å². The lowest BCUT2D eigenvalue weighted by atomic mass is 10.1. The van der Waals surface area contributed by atoms with Crippen LogP contribution < -0.4 is 5.32 Å². The molecule has 1 atom stereocenters. The van der Waals surface area contributed by atoms with Crippen molar-refractivity contribution < 1.29 is 57.2 Å². The molecule has 0 saturated heterocycles. The molecule has 0 bridgehead atoms. The lowest BCUT2D eigenvalue weighted by Gasteiger charge is -2.16. The van der Waals surface area contributed by atoms with Gasteiger partial charge in [0, 0.05) is 32.9 Å². The molecule has 0 radical (unpaired) electrons. The van der Waals surface area contributed by atoms with Gasteiger partial charge in [-0.1, -0.05) is 183 Å². The van der Waals surface area contributed by atoms with Crippen LogP contribution in [0.3, 0.4) is 0 Å². The minimum absolute atomic E-state index is 0.0572. The van der Waals surface area contributed by atoms with Gasteiger partial charge in [0.25, 0.3) is 12.9 Å². The Hall–Kier alpha value is -3.06. The maximum atomic E-state index is 11.8. The molecule has 0 saturated carbocycles. The van der Waals surface area contributed by atoms with Crippen LogP contribution in [0.25, 0.3) is 0 Å². The quantitative estimate of drug-likeness (QED) is 0.0265. The Balaban J connectivity index is -0.000000425. The second-order valence-corrected chi connectivity index (χ2v) is 17.1. The first-order valence-corrected chi connectivity index (χ1v) is 26.4. The maximum absolute atomic E-state index is 11.8. The molecule has 13 heteroatoms. The van der Waals surface area contributed by atoms with Crippen LogP contribution >= 0.6 is 0 Å². The van der Waals surface area contributed by atoms with Crippen molar-refractivity contribution in [1.82, 2.24) is 5.32 Å². The normalized spacial score (nSPS) is 10.8. The highest BCUT2D eigenvalue weighted by atomic mass is 16.6. The summed E-state index contributed by atoms with van der Waals surface area (Å²) in [5.41, 5.74) is 0. The average Bonchev–Trinajstić information content (AvgIpc) is 3.32. The minimum atomic E-state index is -0.325. The van der Waals surface area contributed by atoms with Gasteiger partial charge in [0.2, 0.25) is 0 Å². The number of hydrogen-bond acceptors (Lipinski definition) is 13. The lowest BCUT2D eigenvalue weighted by Crippen LogP contribution is -2.26. The fourth-order valence-electron chi connectivity index (χ4n) is 6.35. The summed E-state index contributed by atoms with van der Waals surface area (Å²) >= 11 is 0. The maximum Gasteiger partial charge on any atom is 0.307 e. The van der Waals surface area contributed by atoms with Crippen molar-refractivity contribution in [2.75, 3.05) is 59.8 Å². The molecule has 0 aromatic carbocycles. The molecular formula is C53H103NO12. The van der Waals surface area contributed by atoms with E-state index in [0.717, 1.165) is 64.2 Å². The van der Waals surface area contributed by atoms with Crippen LogP contribution in [0.1, 0.15) is 234 Å². The van der Waals surface area contributed by atoms with Gasteiger partial charge in [0.15, 0.2) is 0 Å². The predicted molar refractivity (Wildman–Crippen MR) is 267 cm³/mol. The van der Waals surface area contributed by atoms with E-state index in [2.05, 4.69) is 56.3 Å².